The first kappa shape index (κ1) is 16.1. The first-order chi connectivity index (χ1) is 11.5. The van der Waals surface area contributed by atoms with E-state index in [0.717, 1.165) is 12.8 Å². The second-order valence-electron chi connectivity index (χ2n) is 8.18. The van der Waals surface area contributed by atoms with Gasteiger partial charge in [0.2, 0.25) is 5.91 Å². The molecule has 3 fully saturated rings. The molecule has 1 spiro atoms. The maximum atomic E-state index is 13.1. The zero-order chi connectivity index (χ0) is 16.9. The van der Waals surface area contributed by atoms with Crippen molar-refractivity contribution in [1.82, 2.24) is 4.90 Å². The summed E-state index contributed by atoms with van der Waals surface area (Å²) in [6.07, 6.45) is 9.46. The van der Waals surface area contributed by atoms with Crippen molar-refractivity contribution in [3.63, 3.8) is 0 Å². The number of esters is 1. The van der Waals surface area contributed by atoms with Gasteiger partial charge in [-0.1, -0.05) is 45.3 Å². The topological polar surface area (TPSA) is 55.8 Å². The maximum Gasteiger partial charge on any atom is 0.312 e. The highest BCUT2D eigenvalue weighted by Crippen LogP contribution is 2.53. The van der Waals surface area contributed by atoms with Crippen LogP contribution >= 0.6 is 0 Å². The van der Waals surface area contributed by atoms with Gasteiger partial charge in [0, 0.05) is 6.04 Å². The lowest BCUT2D eigenvalue weighted by atomic mass is 9.77. The minimum atomic E-state index is -0.597. The highest BCUT2D eigenvalue weighted by molar-refractivity contribution is 5.91. The van der Waals surface area contributed by atoms with Gasteiger partial charge in [-0.05, 0) is 18.8 Å². The highest BCUT2D eigenvalue weighted by Gasteiger charge is 2.67. The number of nitrogens with zero attached hydrogens (tertiary/aromatic N) is 1. The van der Waals surface area contributed by atoms with Crippen LogP contribution in [0, 0.1) is 17.8 Å². The number of rotatable bonds is 4. The van der Waals surface area contributed by atoms with Gasteiger partial charge in [-0.15, -0.1) is 0 Å². The molecule has 0 N–H and O–H groups in total. The Morgan fingerprint density at radius 3 is 2.83 bits per heavy atom. The van der Waals surface area contributed by atoms with Gasteiger partial charge in [-0.25, -0.2) is 0 Å². The Morgan fingerprint density at radius 1 is 1.38 bits per heavy atom. The first-order valence-corrected chi connectivity index (χ1v) is 9.36. The van der Waals surface area contributed by atoms with Gasteiger partial charge >= 0.3 is 5.97 Å². The summed E-state index contributed by atoms with van der Waals surface area (Å²) < 4.78 is 11.6. The third-order valence-electron chi connectivity index (χ3n) is 5.98. The van der Waals surface area contributed by atoms with Crippen LogP contribution in [0.3, 0.4) is 0 Å². The normalized spacial score (nSPS) is 38.2. The Labute approximate surface area is 143 Å². The molecule has 132 valence electrons. The lowest BCUT2D eigenvalue weighted by Crippen LogP contribution is -2.42. The van der Waals surface area contributed by atoms with Gasteiger partial charge in [0.05, 0.1) is 25.2 Å². The minimum absolute atomic E-state index is 0.0975. The minimum Gasteiger partial charge on any atom is -0.465 e. The van der Waals surface area contributed by atoms with E-state index in [4.69, 9.17) is 9.47 Å². The van der Waals surface area contributed by atoms with E-state index in [1.807, 2.05) is 30.9 Å². The number of carbonyl (C=O) groups excluding carboxylic acids is 2. The molecule has 1 saturated carbocycles. The molecule has 1 amide bonds. The largest absolute Gasteiger partial charge is 0.465 e. The number of hydrogen-bond acceptors (Lipinski definition) is 4. The van der Waals surface area contributed by atoms with Crippen LogP contribution in [0.4, 0.5) is 0 Å². The molecule has 4 rings (SSSR count). The maximum absolute atomic E-state index is 13.1. The molecular formula is C19H27NO4. The average molecular weight is 333 g/mol. The molecule has 2 bridgehead atoms. The Balaban J connectivity index is 1.54. The fourth-order valence-corrected chi connectivity index (χ4v) is 4.84. The van der Waals surface area contributed by atoms with E-state index in [9.17, 15) is 9.59 Å². The molecule has 0 aromatic carbocycles. The Morgan fingerprint density at radius 2 is 2.12 bits per heavy atom. The van der Waals surface area contributed by atoms with Gasteiger partial charge in [-0.3, -0.25) is 9.59 Å². The van der Waals surface area contributed by atoms with Gasteiger partial charge in [0.25, 0.3) is 0 Å². The Bertz CT molecular complexity index is 566. The van der Waals surface area contributed by atoms with Crippen LogP contribution in [0.5, 0.6) is 0 Å². The van der Waals surface area contributed by atoms with E-state index in [1.54, 1.807) is 0 Å². The van der Waals surface area contributed by atoms with Crippen molar-refractivity contribution >= 4 is 11.9 Å². The number of fused-ring (bicyclic) bond motifs is 1. The summed E-state index contributed by atoms with van der Waals surface area (Å²) in [5.41, 5.74) is -0.597. The SMILES string of the molecule is CC(C)COC(=O)[C@H]1[C@H]2C(=O)N(C3CCCCC3)C[C@]23C=C[C@H]1O3. The van der Waals surface area contributed by atoms with Crippen molar-refractivity contribution in [1.29, 1.82) is 0 Å². The Hall–Kier alpha value is -1.36. The smallest absolute Gasteiger partial charge is 0.312 e. The molecule has 5 heteroatoms. The monoisotopic (exact) mass is 333 g/mol. The van der Waals surface area contributed by atoms with Crippen molar-refractivity contribution < 1.29 is 19.1 Å². The number of ether oxygens (including phenoxy) is 2. The second-order valence-corrected chi connectivity index (χ2v) is 8.18. The molecule has 0 radical (unpaired) electrons. The fourth-order valence-electron chi connectivity index (χ4n) is 4.84. The summed E-state index contributed by atoms with van der Waals surface area (Å²) >= 11 is 0. The van der Waals surface area contributed by atoms with E-state index in [1.165, 1.54) is 19.3 Å². The van der Waals surface area contributed by atoms with Crippen molar-refractivity contribution in [3.8, 4) is 0 Å². The van der Waals surface area contributed by atoms with Gasteiger partial charge in [-0.2, -0.15) is 0 Å². The molecule has 1 aliphatic carbocycles. The van der Waals surface area contributed by atoms with E-state index in [2.05, 4.69) is 0 Å². The zero-order valence-electron chi connectivity index (χ0n) is 14.6. The average Bonchev–Trinajstić information content (AvgIpc) is 3.22. The molecule has 0 aromatic rings. The predicted octanol–water partition coefficient (Wildman–Crippen LogP) is 2.30. The molecule has 4 aliphatic rings. The summed E-state index contributed by atoms with van der Waals surface area (Å²) in [7, 11) is 0. The van der Waals surface area contributed by atoms with Crippen LogP contribution in [0.1, 0.15) is 46.0 Å². The Kier molecular flexibility index (Phi) is 3.94. The van der Waals surface area contributed by atoms with E-state index < -0.39 is 17.4 Å². The van der Waals surface area contributed by atoms with Crippen molar-refractivity contribution in [2.45, 2.75) is 63.7 Å². The van der Waals surface area contributed by atoms with Crippen LogP contribution in [0.2, 0.25) is 0 Å². The van der Waals surface area contributed by atoms with E-state index in [0.29, 0.717) is 19.2 Å². The van der Waals surface area contributed by atoms with Crippen molar-refractivity contribution in [2.24, 2.45) is 17.8 Å². The van der Waals surface area contributed by atoms with Crippen molar-refractivity contribution in [3.05, 3.63) is 12.2 Å². The summed E-state index contributed by atoms with van der Waals surface area (Å²) in [6, 6.07) is 0.314. The third-order valence-corrected chi connectivity index (χ3v) is 5.98. The number of likely N-dealkylation sites (tertiary alicyclic amines) is 1. The first-order valence-electron chi connectivity index (χ1n) is 9.36. The molecule has 4 atom stereocenters. The lowest BCUT2D eigenvalue weighted by molar-refractivity contribution is -0.155. The summed E-state index contributed by atoms with van der Waals surface area (Å²) in [5, 5.41) is 0. The quantitative estimate of drug-likeness (QED) is 0.585. The van der Waals surface area contributed by atoms with Gasteiger partial charge < -0.3 is 14.4 Å². The van der Waals surface area contributed by atoms with Crippen LogP contribution in [0.25, 0.3) is 0 Å². The molecule has 3 aliphatic heterocycles. The second kappa shape index (κ2) is 5.87. The predicted molar refractivity (Wildman–Crippen MR) is 88.1 cm³/mol. The molecule has 0 unspecified atom stereocenters. The summed E-state index contributed by atoms with van der Waals surface area (Å²) in [6.45, 7) is 5.02. The third kappa shape index (κ3) is 2.40. The summed E-state index contributed by atoms with van der Waals surface area (Å²) in [5.74, 6) is -0.760. The van der Waals surface area contributed by atoms with Crippen LogP contribution in [-0.4, -0.2) is 47.7 Å². The highest BCUT2D eigenvalue weighted by atomic mass is 16.6. The lowest BCUT2D eigenvalue weighted by Gasteiger charge is -2.32. The van der Waals surface area contributed by atoms with Gasteiger partial charge in [0.15, 0.2) is 0 Å². The van der Waals surface area contributed by atoms with E-state index >= 15 is 0 Å². The summed E-state index contributed by atoms with van der Waals surface area (Å²) in [4.78, 5) is 27.7. The molecule has 24 heavy (non-hydrogen) atoms. The fraction of sp³-hybridized carbons (Fsp3) is 0.789. The van der Waals surface area contributed by atoms with Gasteiger partial charge in [0.1, 0.15) is 11.5 Å². The zero-order valence-corrected chi connectivity index (χ0v) is 14.6. The molecule has 5 nitrogen and oxygen atoms in total. The molecular weight excluding hydrogens is 306 g/mol. The van der Waals surface area contributed by atoms with Crippen LogP contribution < -0.4 is 0 Å². The molecule has 3 heterocycles. The number of amides is 1. The molecule has 2 saturated heterocycles. The number of hydrogen-bond donors (Lipinski definition) is 0. The van der Waals surface area contributed by atoms with Crippen LogP contribution in [-0.2, 0) is 19.1 Å². The molecule has 0 aromatic heterocycles. The number of carbonyl (C=O) groups is 2. The van der Waals surface area contributed by atoms with E-state index in [-0.39, 0.29) is 23.9 Å². The standard InChI is InChI=1S/C19H27NO4/c1-12(2)10-23-18(22)15-14-8-9-19(24-14)11-20(17(21)16(15)19)13-6-4-3-5-7-13/h8-9,12-16H,3-7,10-11H2,1-2H3/t14-,15-,16+,19-/m1/s1. The van der Waals surface area contributed by atoms with Crippen molar-refractivity contribution in [2.75, 3.05) is 13.2 Å². The van der Waals surface area contributed by atoms with Crippen LogP contribution in [0.15, 0.2) is 12.2 Å².